The molecule has 5 heteroatoms. The van der Waals surface area contributed by atoms with Gasteiger partial charge < -0.3 is 15.1 Å². The molecule has 0 atom stereocenters. The van der Waals surface area contributed by atoms with Crippen molar-refractivity contribution < 1.29 is 4.79 Å². The molecule has 1 fully saturated rings. The second kappa shape index (κ2) is 5.59. The summed E-state index contributed by atoms with van der Waals surface area (Å²) in [4.78, 5) is 15.5. The van der Waals surface area contributed by atoms with E-state index in [0.717, 1.165) is 30.9 Å². The summed E-state index contributed by atoms with van der Waals surface area (Å²) in [6.07, 6.45) is 0. The lowest BCUT2D eigenvalue weighted by atomic mass is 10.1. The summed E-state index contributed by atoms with van der Waals surface area (Å²) >= 11 is 6.29. The lowest BCUT2D eigenvalue weighted by Gasteiger charge is -2.34. The second-order valence-electron chi connectivity index (χ2n) is 4.55. The van der Waals surface area contributed by atoms with Gasteiger partial charge in [-0.15, -0.1) is 0 Å². The Bertz CT molecular complexity index is 450. The summed E-state index contributed by atoms with van der Waals surface area (Å²) in [7, 11) is 3.73. The van der Waals surface area contributed by atoms with E-state index in [1.54, 1.807) is 4.90 Å². The standard InChI is InChI=1S/C13H18ClN3O/c1-15-8-10-3-4-12(11(14)7-10)17-6-5-16(2)13(18)9-17/h3-4,7,15H,5-6,8-9H2,1-2H3. The SMILES string of the molecule is CNCc1ccc(N2CCN(C)C(=O)C2)c(Cl)c1. The molecule has 0 spiro atoms. The quantitative estimate of drug-likeness (QED) is 0.898. The van der Waals surface area contributed by atoms with Gasteiger partial charge in [0.2, 0.25) is 5.91 Å². The zero-order valence-electron chi connectivity index (χ0n) is 10.7. The highest BCUT2D eigenvalue weighted by molar-refractivity contribution is 6.33. The van der Waals surface area contributed by atoms with Crippen molar-refractivity contribution in [1.82, 2.24) is 10.2 Å². The first-order valence-electron chi connectivity index (χ1n) is 6.03. The van der Waals surface area contributed by atoms with E-state index in [9.17, 15) is 4.79 Å². The third-order valence-corrected chi connectivity index (χ3v) is 3.49. The van der Waals surface area contributed by atoms with Crippen LogP contribution in [0.1, 0.15) is 5.56 Å². The maximum absolute atomic E-state index is 11.7. The Hall–Kier alpha value is -1.26. The van der Waals surface area contributed by atoms with Crippen LogP contribution in [0.15, 0.2) is 18.2 Å². The van der Waals surface area contributed by atoms with Crippen molar-refractivity contribution in [1.29, 1.82) is 0 Å². The largest absolute Gasteiger partial charge is 0.359 e. The number of carbonyl (C=O) groups is 1. The van der Waals surface area contributed by atoms with Crippen LogP contribution in [0.25, 0.3) is 0 Å². The highest BCUT2D eigenvalue weighted by atomic mass is 35.5. The van der Waals surface area contributed by atoms with Crippen LogP contribution >= 0.6 is 11.6 Å². The lowest BCUT2D eigenvalue weighted by Crippen LogP contribution is -2.48. The number of carbonyl (C=O) groups excluding carboxylic acids is 1. The van der Waals surface area contributed by atoms with E-state index in [4.69, 9.17) is 11.6 Å². The molecular weight excluding hydrogens is 250 g/mol. The first-order chi connectivity index (χ1) is 8.61. The lowest BCUT2D eigenvalue weighted by molar-refractivity contribution is -0.129. The Balaban J connectivity index is 2.16. The molecule has 4 nitrogen and oxygen atoms in total. The van der Waals surface area contributed by atoms with Crippen molar-refractivity contribution in [3.63, 3.8) is 0 Å². The van der Waals surface area contributed by atoms with Crippen LogP contribution in [0.5, 0.6) is 0 Å². The predicted molar refractivity (Wildman–Crippen MR) is 74.1 cm³/mol. The molecule has 1 saturated heterocycles. The Morgan fingerprint density at radius 3 is 2.78 bits per heavy atom. The third-order valence-electron chi connectivity index (χ3n) is 3.19. The molecule has 2 rings (SSSR count). The van der Waals surface area contributed by atoms with Gasteiger partial charge in [0.15, 0.2) is 0 Å². The van der Waals surface area contributed by atoms with Gasteiger partial charge in [-0.05, 0) is 24.7 Å². The molecule has 0 saturated carbocycles. The number of likely N-dealkylation sites (N-methyl/N-ethyl adjacent to an activating group) is 1. The van der Waals surface area contributed by atoms with E-state index in [1.807, 2.05) is 37.2 Å². The molecule has 18 heavy (non-hydrogen) atoms. The van der Waals surface area contributed by atoms with Crippen molar-refractivity contribution in [3.05, 3.63) is 28.8 Å². The maximum Gasteiger partial charge on any atom is 0.241 e. The van der Waals surface area contributed by atoms with Gasteiger partial charge in [-0.1, -0.05) is 17.7 Å². The third kappa shape index (κ3) is 2.76. The Kier molecular flexibility index (Phi) is 4.09. The fourth-order valence-corrected chi connectivity index (χ4v) is 2.41. The average molecular weight is 268 g/mol. The first-order valence-corrected chi connectivity index (χ1v) is 6.41. The van der Waals surface area contributed by atoms with Crippen LogP contribution in [-0.4, -0.2) is 44.5 Å². The molecule has 1 N–H and O–H groups in total. The second-order valence-corrected chi connectivity index (χ2v) is 4.96. The summed E-state index contributed by atoms with van der Waals surface area (Å²) in [6, 6.07) is 5.99. The van der Waals surface area contributed by atoms with E-state index in [1.165, 1.54) is 0 Å². The van der Waals surface area contributed by atoms with Gasteiger partial charge in [0, 0.05) is 26.7 Å². The Morgan fingerprint density at radius 1 is 1.39 bits per heavy atom. The number of piperazine rings is 1. The van der Waals surface area contributed by atoms with Crippen molar-refractivity contribution in [2.75, 3.05) is 38.6 Å². The molecule has 0 aromatic heterocycles. The maximum atomic E-state index is 11.7. The van der Waals surface area contributed by atoms with E-state index in [0.29, 0.717) is 11.6 Å². The van der Waals surface area contributed by atoms with Gasteiger partial charge in [-0.2, -0.15) is 0 Å². The number of benzene rings is 1. The molecule has 1 amide bonds. The number of hydrogen-bond acceptors (Lipinski definition) is 3. The molecule has 0 radical (unpaired) electrons. The summed E-state index contributed by atoms with van der Waals surface area (Å²) in [5.41, 5.74) is 2.09. The fourth-order valence-electron chi connectivity index (χ4n) is 2.09. The van der Waals surface area contributed by atoms with E-state index in [-0.39, 0.29) is 5.91 Å². The topological polar surface area (TPSA) is 35.6 Å². The van der Waals surface area contributed by atoms with Crippen LogP contribution in [0.3, 0.4) is 0 Å². The van der Waals surface area contributed by atoms with Crippen molar-refractivity contribution >= 4 is 23.2 Å². The molecule has 98 valence electrons. The van der Waals surface area contributed by atoms with Gasteiger partial charge in [0.05, 0.1) is 17.3 Å². The smallest absolute Gasteiger partial charge is 0.241 e. The van der Waals surface area contributed by atoms with Crippen LogP contribution in [0.2, 0.25) is 5.02 Å². The van der Waals surface area contributed by atoms with Crippen molar-refractivity contribution in [2.45, 2.75) is 6.54 Å². The normalized spacial score (nSPS) is 16.3. The number of hydrogen-bond donors (Lipinski definition) is 1. The van der Waals surface area contributed by atoms with E-state index in [2.05, 4.69) is 5.32 Å². The van der Waals surface area contributed by atoms with E-state index < -0.39 is 0 Å². The fraction of sp³-hybridized carbons (Fsp3) is 0.462. The number of halogens is 1. The molecule has 1 heterocycles. The molecule has 1 aliphatic rings. The monoisotopic (exact) mass is 267 g/mol. The minimum atomic E-state index is 0.136. The summed E-state index contributed by atoms with van der Waals surface area (Å²) in [5.74, 6) is 0.136. The van der Waals surface area contributed by atoms with Crippen LogP contribution in [0, 0.1) is 0 Å². The molecule has 1 aromatic rings. The summed E-state index contributed by atoms with van der Waals surface area (Å²) < 4.78 is 0. The minimum Gasteiger partial charge on any atom is -0.359 e. The zero-order valence-corrected chi connectivity index (χ0v) is 11.5. The number of nitrogens with zero attached hydrogens (tertiary/aromatic N) is 2. The van der Waals surface area contributed by atoms with E-state index >= 15 is 0 Å². The molecular formula is C13H18ClN3O. The first kappa shape index (κ1) is 13.2. The summed E-state index contributed by atoms with van der Waals surface area (Å²) in [5, 5.41) is 3.80. The highest BCUT2D eigenvalue weighted by Crippen LogP contribution is 2.27. The molecule has 0 aliphatic carbocycles. The van der Waals surface area contributed by atoms with Gasteiger partial charge in [0.1, 0.15) is 0 Å². The molecule has 0 bridgehead atoms. The Morgan fingerprint density at radius 2 is 2.17 bits per heavy atom. The van der Waals surface area contributed by atoms with Gasteiger partial charge in [0.25, 0.3) is 0 Å². The number of amides is 1. The van der Waals surface area contributed by atoms with Gasteiger partial charge in [-0.3, -0.25) is 4.79 Å². The molecule has 1 aromatic carbocycles. The van der Waals surface area contributed by atoms with Crippen LogP contribution in [0.4, 0.5) is 5.69 Å². The van der Waals surface area contributed by atoms with Crippen molar-refractivity contribution in [3.8, 4) is 0 Å². The minimum absolute atomic E-state index is 0.136. The number of anilines is 1. The van der Waals surface area contributed by atoms with Gasteiger partial charge in [-0.25, -0.2) is 0 Å². The summed E-state index contributed by atoms with van der Waals surface area (Å²) in [6.45, 7) is 2.77. The zero-order chi connectivity index (χ0) is 13.1. The van der Waals surface area contributed by atoms with Crippen LogP contribution in [-0.2, 0) is 11.3 Å². The molecule has 1 aliphatic heterocycles. The number of rotatable bonds is 3. The van der Waals surface area contributed by atoms with Crippen LogP contribution < -0.4 is 10.2 Å². The number of nitrogens with one attached hydrogen (secondary N) is 1. The van der Waals surface area contributed by atoms with Crippen molar-refractivity contribution in [2.24, 2.45) is 0 Å². The Labute approximate surface area is 113 Å². The highest BCUT2D eigenvalue weighted by Gasteiger charge is 2.22. The molecule has 0 unspecified atom stereocenters. The average Bonchev–Trinajstić information content (AvgIpc) is 2.34. The van der Waals surface area contributed by atoms with Gasteiger partial charge >= 0.3 is 0 Å². The predicted octanol–water partition coefficient (Wildman–Crippen LogP) is 1.34.